The number of rotatable bonds is 4. The van der Waals surface area contributed by atoms with E-state index in [4.69, 9.17) is 0 Å². The number of aromatic hydroxyl groups is 1. The number of phenols is 1. The van der Waals surface area contributed by atoms with E-state index in [0.717, 1.165) is 21.5 Å². The van der Waals surface area contributed by atoms with E-state index in [-0.39, 0.29) is 24.0 Å². The molecule has 8 heteroatoms. The average Bonchev–Trinajstić information content (AvgIpc) is 3.47. The van der Waals surface area contributed by atoms with Crippen LogP contribution in [0, 0.1) is 30.6 Å². The molecule has 4 aromatic carbocycles. The number of allylic oxidation sites excluding steroid dienone is 2. The van der Waals surface area contributed by atoms with Gasteiger partial charge in [-0.3, -0.25) is 29.9 Å². The normalized spacial score (nSPS) is 28.8. The van der Waals surface area contributed by atoms with Gasteiger partial charge in [-0.2, -0.15) is 5.01 Å². The minimum atomic E-state index is -1.43. The Morgan fingerprint density at radius 3 is 2.36 bits per heavy atom. The van der Waals surface area contributed by atoms with Crippen molar-refractivity contribution in [1.29, 1.82) is 0 Å². The summed E-state index contributed by atoms with van der Waals surface area (Å²) in [7, 11) is 0. The van der Waals surface area contributed by atoms with Gasteiger partial charge in [-0.05, 0) is 48.8 Å². The molecule has 6 atom stereocenters. The van der Waals surface area contributed by atoms with E-state index in [0.29, 0.717) is 28.6 Å². The molecule has 0 radical (unpaired) electrons. The summed E-state index contributed by atoms with van der Waals surface area (Å²) >= 11 is 0. The number of phenolic OH excluding ortho intramolecular Hbond substituents is 1. The molecule has 8 rings (SSSR count). The molecule has 2 aliphatic carbocycles. The van der Waals surface area contributed by atoms with Gasteiger partial charge in [0.2, 0.25) is 11.8 Å². The van der Waals surface area contributed by atoms with Gasteiger partial charge in [0.1, 0.15) is 5.75 Å². The molecule has 0 aromatic heterocycles. The average molecular weight is 598 g/mol. The Morgan fingerprint density at radius 1 is 0.844 bits per heavy atom. The Morgan fingerprint density at radius 2 is 1.58 bits per heavy atom. The molecule has 4 aromatic rings. The molecular weight excluding hydrogens is 566 g/mol. The standard InChI is InChI=1S/C37H31N3O5/c1-20-11-14-23(15-12-20)39-40-35(44)29-19-28-25(17-18-26-30(28)34(43)38-33(26)42)31(37(29,36(40)45)22-8-3-2-4-9-22)27-16-13-21-7-5-6-10-24(21)32(27)41/h2-17,26,28-31,39,41H,18-19H2,1H3,(H,38,42,43)/t26-,28+,29-,30-,31+,37+/m0/s1. The molecule has 8 nitrogen and oxygen atoms in total. The molecule has 0 bridgehead atoms. The van der Waals surface area contributed by atoms with Crippen molar-refractivity contribution >= 4 is 40.1 Å². The molecule has 45 heavy (non-hydrogen) atoms. The van der Waals surface area contributed by atoms with Crippen LogP contribution < -0.4 is 10.7 Å². The van der Waals surface area contributed by atoms with Crippen LogP contribution in [0.1, 0.15) is 35.4 Å². The van der Waals surface area contributed by atoms with Crippen LogP contribution >= 0.6 is 0 Å². The zero-order chi connectivity index (χ0) is 31.0. The first-order valence-corrected chi connectivity index (χ1v) is 15.3. The molecule has 2 aliphatic heterocycles. The maximum atomic E-state index is 15.1. The van der Waals surface area contributed by atoms with Crippen LogP contribution in [0.5, 0.6) is 5.75 Å². The van der Waals surface area contributed by atoms with E-state index in [1.807, 2.05) is 104 Å². The summed E-state index contributed by atoms with van der Waals surface area (Å²) in [4.78, 5) is 55.8. The monoisotopic (exact) mass is 597 g/mol. The quantitative estimate of drug-likeness (QED) is 0.222. The van der Waals surface area contributed by atoms with Crippen LogP contribution in [-0.2, 0) is 24.6 Å². The van der Waals surface area contributed by atoms with Crippen molar-refractivity contribution in [2.75, 3.05) is 5.43 Å². The molecule has 3 fully saturated rings. The van der Waals surface area contributed by atoms with E-state index < -0.39 is 46.8 Å². The molecule has 2 heterocycles. The maximum absolute atomic E-state index is 15.1. The van der Waals surface area contributed by atoms with Gasteiger partial charge in [0.15, 0.2) is 0 Å². The van der Waals surface area contributed by atoms with E-state index >= 15 is 4.79 Å². The van der Waals surface area contributed by atoms with Crippen LogP contribution in [-0.4, -0.2) is 33.7 Å². The third kappa shape index (κ3) is 3.78. The van der Waals surface area contributed by atoms with Crippen molar-refractivity contribution in [2.45, 2.75) is 31.1 Å². The summed E-state index contributed by atoms with van der Waals surface area (Å²) in [5.41, 5.74) is 5.28. The molecule has 3 N–H and O–H groups in total. The molecule has 224 valence electrons. The van der Waals surface area contributed by atoms with E-state index in [9.17, 15) is 19.5 Å². The minimum absolute atomic E-state index is 0.0352. The van der Waals surface area contributed by atoms with Crippen molar-refractivity contribution in [2.24, 2.45) is 23.7 Å². The Bertz CT molecular complexity index is 1950. The number of hydrazine groups is 1. The number of amides is 4. The number of carbonyl (C=O) groups is 4. The predicted octanol–water partition coefficient (Wildman–Crippen LogP) is 5.13. The molecule has 4 amide bonds. The van der Waals surface area contributed by atoms with Gasteiger partial charge >= 0.3 is 0 Å². The van der Waals surface area contributed by atoms with Gasteiger partial charge in [0.05, 0.1) is 28.9 Å². The van der Waals surface area contributed by atoms with Gasteiger partial charge in [-0.1, -0.05) is 96.1 Å². The van der Waals surface area contributed by atoms with Crippen molar-refractivity contribution in [1.82, 2.24) is 10.3 Å². The summed E-state index contributed by atoms with van der Waals surface area (Å²) < 4.78 is 0. The number of hydrogen-bond acceptors (Lipinski definition) is 6. The van der Waals surface area contributed by atoms with Crippen LogP contribution in [0.15, 0.2) is 103 Å². The molecule has 0 spiro atoms. The summed E-state index contributed by atoms with van der Waals surface area (Å²) in [6.07, 6.45) is 2.53. The fourth-order valence-corrected chi connectivity index (χ4v) is 8.51. The minimum Gasteiger partial charge on any atom is -0.507 e. The van der Waals surface area contributed by atoms with Crippen molar-refractivity contribution in [3.8, 4) is 5.75 Å². The molecular formula is C37H31N3O5. The second-order valence-electron chi connectivity index (χ2n) is 12.7. The number of fused-ring (bicyclic) bond motifs is 5. The van der Waals surface area contributed by atoms with Crippen LogP contribution in [0.25, 0.3) is 10.8 Å². The molecule has 1 saturated carbocycles. The molecule has 0 unspecified atom stereocenters. The lowest BCUT2D eigenvalue weighted by molar-refractivity contribution is -0.138. The number of hydrogen-bond donors (Lipinski definition) is 3. The van der Waals surface area contributed by atoms with Gasteiger partial charge < -0.3 is 5.11 Å². The maximum Gasteiger partial charge on any atom is 0.260 e. The zero-order valence-corrected chi connectivity index (χ0v) is 24.6. The Hall–Kier alpha value is -5.24. The second kappa shape index (κ2) is 9.89. The van der Waals surface area contributed by atoms with Crippen molar-refractivity contribution in [3.05, 3.63) is 119 Å². The highest BCUT2D eigenvalue weighted by Gasteiger charge is 2.70. The number of carbonyl (C=O) groups excluding carboxylic acids is 4. The molecule has 4 aliphatic rings. The lowest BCUT2D eigenvalue weighted by atomic mass is 9.49. The highest BCUT2D eigenvalue weighted by Crippen LogP contribution is 2.64. The first-order chi connectivity index (χ1) is 21.8. The summed E-state index contributed by atoms with van der Waals surface area (Å²) in [5.74, 6) is -4.74. The summed E-state index contributed by atoms with van der Waals surface area (Å²) in [6, 6.07) is 28.0. The summed E-state index contributed by atoms with van der Waals surface area (Å²) in [6.45, 7) is 1.96. The van der Waals surface area contributed by atoms with Gasteiger partial charge in [0.25, 0.3) is 11.8 Å². The smallest absolute Gasteiger partial charge is 0.260 e. The first kappa shape index (κ1) is 27.3. The largest absolute Gasteiger partial charge is 0.507 e. The lowest BCUT2D eigenvalue weighted by Gasteiger charge is -2.50. The van der Waals surface area contributed by atoms with Crippen LogP contribution in [0.3, 0.4) is 0 Å². The van der Waals surface area contributed by atoms with E-state index in [1.165, 1.54) is 0 Å². The van der Waals surface area contributed by atoms with Gasteiger partial charge in [-0.15, -0.1) is 0 Å². The van der Waals surface area contributed by atoms with Gasteiger partial charge in [0, 0.05) is 16.9 Å². The number of nitrogens with one attached hydrogen (secondary N) is 2. The number of benzene rings is 4. The highest BCUT2D eigenvalue weighted by molar-refractivity contribution is 6.13. The van der Waals surface area contributed by atoms with E-state index in [1.54, 1.807) is 0 Å². The lowest BCUT2D eigenvalue weighted by Crippen LogP contribution is -2.53. The van der Waals surface area contributed by atoms with Gasteiger partial charge in [-0.25, -0.2) is 0 Å². The highest BCUT2D eigenvalue weighted by atomic mass is 16.3. The number of anilines is 1. The van der Waals surface area contributed by atoms with Crippen molar-refractivity contribution in [3.63, 3.8) is 0 Å². The summed E-state index contributed by atoms with van der Waals surface area (Å²) in [5, 5.41) is 17.1. The topological polar surface area (TPSA) is 116 Å². The first-order valence-electron chi connectivity index (χ1n) is 15.3. The Balaban J connectivity index is 1.39. The fraction of sp³-hybridized carbons (Fsp3) is 0.243. The Labute approximate surface area is 259 Å². The number of aryl methyl sites for hydroxylation is 1. The number of imide groups is 2. The van der Waals surface area contributed by atoms with Crippen LogP contribution in [0.2, 0.25) is 0 Å². The third-order valence-electron chi connectivity index (χ3n) is 10.5. The third-order valence-corrected chi connectivity index (χ3v) is 10.5. The number of nitrogens with zero attached hydrogens (tertiary/aromatic N) is 1. The van der Waals surface area contributed by atoms with Crippen molar-refractivity contribution < 1.29 is 24.3 Å². The van der Waals surface area contributed by atoms with E-state index in [2.05, 4.69) is 10.7 Å². The fourth-order valence-electron chi connectivity index (χ4n) is 8.51. The predicted molar refractivity (Wildman–Crippen MR) is 168 cm³/mol. The zero-order valence-electron chi connectivity index (χ0n) is 24.6. The SMILES string of the molecule is Cc1ccc(NN2C(=O)[C@@H]3C[C@@H]4C(=CC[C@@H]5C(=O)NC(=O)[C@@H]54)[C@H](c4ccc5ccccc5c4O)[C@]3(c3ccccc3)C2=O)cc1. The molecule has 2 saturated heterocycles. The van der Waals surface area contributed by atoms with Crippen LogP contribution in [0.4, 0.5) is 5.69 Å². The second-order valence-corrected chi connectivity index (χ2v) is 12.7. The Kier molecular flexibility index (Phi) is 6.00.